The van der Waals surface area contributed by atoms with Gasteiger partial charge in [0.15, 0.2) is 0 Å². The Hall–Kier alpha value is -2.44. The largest absolute Gasteiger partial charge is 0.480 e. The number of guanidine groups is 1. The van der Waals surface area contributed by atoms with E-state index in [0.29, 0.717) is 40.0 Å². The lowest BCUT2D eigenvalue weighted by molar-refractivity contribution is -0.595. The average molecular weight is 357 g/mol. The van der Waals surface area contributed by atoms with Crippen molar-refractivity contribution in [2.24, 2.45) is 0 Å². The van der Waals surface area contributed by atoms with E-state index in [1.807, 2.05) is 14.4 Å². The first-order chi connectivity index (χ1) is 11.8. The second-order valence-corrected chi connectivity index (χ2v) is 6.44. The second kappa shape index (κ2) is 6.82. The minimum absolute atomic E-state index is 0.141. The van der Waals surface area contributed by atoms with E-state index in [2.05, 4.69) is 0 Å². The van der Waals surface area contributed by atoms with Crippen LogP contribution in [0.15, 0.2) is 0 Å². The van der Waals surface area contributed by atoms with Crippen LogP contribution in [0, 0.1) is 0 Å². The minimum atomic E-state index is -0.945. The van der Waals surface area contributed by atoms with Gasteiger partial charge in [0.05, 0.1) is 0 Å². The van der Waals surface area contributed by atoms with E-state index >= 15 is 0 Å². The fraction of sp³-hybridized carbons (Fsp3) is 0.692. The molecule has 12 heteroatoms. The number of nitrogens with zero attached hydrogens (tertiary/aromatic N) is 6. The summed E-state index contributed by atoms with van der Waals surface area (Å²) in [4.78, 5) is 42.2. The van der Waals surface area contributed by atoms with E-state index < -0.39 is 17.9 Å². The van der Waals surface area contributed by atoms with Crippen LogP contribution < -0.4 is 0 Å². The fourth-order valence-electron chi connectivity index (χ4n) is 3.57. The van der Waals surface area contributed by atoms with Crippen LogP contribution in [0.2, 0.25) is 0 Å². The van der Waals surface area contributed by atoms with Gasteiger partial charge in [0, 0.05) is 0 Å². The second-order valence-electron chi connectivity index (χ2n) is 6.44. The van der Waals surface area contributed by atoms with Crippen LogP contribution in [-0.4, -0.2) is 128 Å². The maximum atomic E-state index is 11.0. The van der Waals surface area contributed by atoms with E-state index in [1.165, 1.54) is 0 Å². The highest BCUT2D eigenvalue weighted by Crippen LogP contribution is 2.19. The Balaban J connectivity index is 1.84. The Bertz CT molecular complexity index is 582. The predicted molar refractivity (Wildman–Crippen MR) is 81.2 cm³/mol. The molecule has 3 aliphatic heterocycles. The zero-order valence-electron chi connectivity index (χ0n) is 13.6. The highest BCUT2D eigenvalue weighted by molar-refractivity contribution is 5.77. The highest BCUT2D eigenvalue weighted by Gasteiger charge is 2.45. The molecule has 0 aliphatic carbocycles. The van der Waals surface area contributed by atoms with Gasteiger partial charge in [0.25, 0.3) is 0 Å². The van der Waals surface area contributed by atoms with Gasteiger partial charge in [0.2, 0.25) is 0 Å². The normalized spacial score (nSPS) is 22.1. The predicted octanol–water partition coefficient (Wildman–Crippen LogP) is -3.10. The molecule has 3 N–H and O–H groups in total. The van der Waals surface area contributed by atoms with Gasteiger partial charge in [-0.1, -0.05) is 0 Å². The lowest BCUT2D eigenvalue weighted by atomic mass is 10.3. The molecule has 0 atom stereocenters. The van der Waals surface area contributed by atoms with Gasteiger partial charge in [0.1, 0.15) is 59.6 Å². The maximum absolute atomic E-state index is 11.0. The zero-order chi connectivity index (χ0) is 18.1. The van der Waals surface area contributed by atoms with E-state index in [4.69, 9.17) is 15.3 Å². The van der Waals surface area contributed by atoms with Crippen molar-refractivity contribution < 1.29 is 34.3 Å². The van der Waals surface area contributed by atoms with E-state index in [1.54, 1.807) is 14.7 Å². The average Bonchev–Trinajstić information content (AvgIpc) is 2.43. The van der Waals surface area contributed by atoms with Crippen molar-refractivity contribution in [3.8, 4) is 0 Å². The first kappa shape index (κ1) is 17.4. The number of carboxylic acid groups (broad SMARTS) is 3. The molecule has 0 bridgehead atoms. The molecular formula is C13H21N6O6+. The van der Waals surface area contributed by atoms with Crippen LogP contribution in [0.4, 0.5) is 0 Å². The Morgan fingerprint density at radius 1 is 0.720 bits per heavy atom. The van der Waals surface area contributed by atoms with Crippen molar-refractivity contribution in [3.63, 3.8) is 0 Å². The molecule has 3 aliphatic rings. The summed E-state index contributed by atoms with van der Waals surface area (Å²) < 4.78 is 1.93. The molecule has 25 heavy (non-hydrogen) atoms. The van der Waals surface area contributed by atoms with Gasteiger partial charge in [-0.25, -0.2) is 29.1 Å². The van der Waals surface area contributed by atoms with Crippen molar-refractivity contribution in [2.75, 3.05) is 59.6 Å². The van der Waals surface area contributed by atoms with Crippen molar-refractivity contribution in [2.45, 2.75) is 0 Å². The van der Waals surface area contributed by atoms with Gasteiger partial charge in [-0.3, -0.25) is 14.4 Å². The van der Waals surface area contributed by atoms with E-state index in [0.717, 1.165) is 5.96 Å². The summed E-state index contributed by atoms with van der Waals surface area (Å²) in [5.41, 5.74) is 0. The molecule has 3 heterocycles. The van der Waals surface area contributed by atoms with Gasteiger partial charge >= 0.3 is 23.9 Å². The summed E-state index contributed by atoms with van der Waals surface area (Å²) in [6.45, 7) is 1.85. The molecule has 0 unspecified atom stereocenters. The number of hydrogen-bond donors (Lipinski definition) is 3. The van der Waals surface area contributed by atoms with Gasteiger partial charge in [-0.05, 0) is 0 Å². The monoisotopic (exact) mass is 357 g/mol. The summed E-state index contributed by atoms with van der Waals surface area (Å²) in [6, 6.07) is 0. The third-order valence-electron chi connectivity index (χ3n) is 4.15. The topological polar surface area (TPSA) is 131 Å². The number of aliphatic carboxylic acids is 3. The number of carbonyl (C=O) groups is 3. The molecule has 0 radical (unpaired) electrons. The molecule has 3 rings (SSSR count). The molecular weight excluding hydrogens is 336 g/mol. The van der Waals surface area contributed by atoms with E-state index in [-0.39, 0.29) is 19.6 Å². The van der Waals surface area contributed by atoms with Crippen LogP contribution in [-0.2, 0) is 14.4 Å². The standard InChI is InChI=1S/C13H20N6O6/c20-10(21)1-14-4-17-6-15(2-11(22)23)8-19-9-16(3-12(24)25)7-18(5-14)13(17)19/h1-9H2,(H2-,20,21,22,23,24,25)/p+1. The molecule has 0 aromatic rings. The first-order valence-electron chi connectivity index (χ1n) is 7.76. The van der Waals surface area contributed by atoms with Crippen LogP contribution >= 0.6 is 0 Å². The van der Waals surface area contributed by atoms with Gasteiger partial charge < -0.3 is 15.3 Å². The van der Waals surface area contributed by atoms with Crippen molar-refractivity contribution in [1.29, 1.82) is 0 Å². The zero-order valence-corrected chi connectivity index (χ0v) is 13.6. The van der Waals surface area contributed by atoms with Crippen LogP contribution in [0.25, 0.3) is 0 Å². The van der Waals surface area contributed by atoms with Crippen molar-refractivity contribution in [1.82, 2.24) is 24.5 Å². The third-order valence-corrected chi connectivity index (χ3v) is 4.15. The number of hydrogen-bond acceptors (Lipinski definition) is 8. The fourth-order valence-corrected chi connectivity index (χ4v) is 3.57. The molecule has 12 nitrogen and oxygen atoms in total. The van der Waals surface area contributed by atoms with Crippen LogP contribution in [0.1, 0.15) is 0 Å². The maximum Gasteiger partial charge on any atom is 0.356 e. The molecule has 0 aromatic carbocycles. The van der Waals surface area contributed by atoms with E-state index in [9.17, 15) is 14.4 Å². The first-order valence-corrected chi connectivity index (χ1v) is 7.76. The van der Waals surface area contributed by atoms with Crippen molar-refractivity contribution in [3.05, 3.63) is 0 Å². The summed E-state index contributed by atoms with van der Waals surface area (Å²) in [5.74, 6) is -1.94. The Morgan fingerprint density at radius 3 is 1.48 bits per heavy atom. The number of carboxylic acids is 3. The molecule has 1 fully saturated rings. The molecule has 0 amide bonds. The molecule has 1 saturated heterocycles. The minimum Gasteiger partial charge on any atom is -0.480 e. The third kappa shape index (κ3) is 3.97. The van der Waals surface area contributed by atoms with Crippen LogP contribution in [0.3, 0.4) is 0 Å². The lowest BCUT2D eigenvalue weighted by Crippen LogP contribution is -2.72. The Labute approximate surface area is 143 Å². The van der Waals surface area contributed by atoms with Gasteiger partial charge in [-0.2, -0.15) is 0 Å². The Kier molecular flexibility index (Phi) is 4.74. The quantitative estimate of drug-likeness (QED) is 0.418. The van der Waals surface area contributed by atoms with Crippen LogP contribution in [0.5, 0.6) is 0 Å². The smallest absolute Gasteiger partial charge is 0.356 e. The molecule has 138 valence electrons. The molecule has 0 saturated carbocycles. The molecule has 0 aromatic heterocycles. The summed E-state index contributed by atoms with van der Waals surface area (Å²) >= 11 is 0. The lowest BCUT2D eigenvalue weighted by Gasteiger charge is -2.47. The Morgan fingerprint density at radius 2 is 1.08 bits per heavy atom. The number of rotatable bonds is 6. The SMILES string of the molecule is O=C(O)CN1CN2CN(CC(=O)O)C[N+]3=C2N(C1)CN(CC(=O)O)C3. The highest BCUT2D eigenvalue weighted by atomic mass is 16.4. The van der Waals surface area contributed by atoms with Crippen molar-refractivity contribution >= 4 is 23.9 Å². The summed E-state index contributed by atoms with van der Waals surface area (Å²) in [6.07, 6.45) is 0. The summed E-state index contributed by atoms with van der Waals surface area (Å²) in [7, 11) is 0. The van der Waals surface area contributed by atoms with Gasteiger partial charge in [-0.15, -0.1) is 0 Å². The summed E-state index contributed by atoms with van der Waals surface area (Å²) in [5, 5.41) is 27.2. The molecule has 0 spiro atoms.